The zero-order chi connectivity index (χ0) is 49.5. The van der Waals surface area contributed by atoms with Crippen LogP contribution in [0.4, 0.5) is 0 Å². The van der Waals surface area contributed by atoms with Gasteiger partial charge in [-0.05, 0) is 111 Å². The molecule has 1 fully saturated rings. The van der Waals surface area contributed by atoms with E-state index in [0.717, 1.165) is 16.7 Å². The molecule has 0 N–H and O–H groups in total. The molecular weight excluding hydrogens is 931 g/mol. The first-order valence-corrected chi connectivity index (χ1v) is 27.6. The first-order valence-electron chi connectivity index (χ1n) is 23.2. The molecule has 1 aliphatic rings. The number of benzene rings is 4. The number of nitriles is 1. The van der Waals surface area contributed by atoms with Gasteiger partial charge in [0.05, 0.1) is 46.3 Å². The summed E-state index contributed by atoms with van der Waals surface area (Å²) in [6.45, 7) is 19.7. The summed E-state index contributed by atoms with van der Waals surface area (Å²) < 4.78 is 58.2. The summed E-state index contributed by atoms with van der Waals surface area (Å²) in [5.74, 6) is 2.22. The van der Waals surface area contributed by atoms with Crippen LogP contribution in [0.5, 0.6) is 23.1 Å². The van der Waals surface area contributed by atoms with E-state index in [9.17, 15) is 5.26 Å². The van der Waals surface area contributed by atoms with Crippen molar-refractivity contribution < 1.29 is 37.2 Å². The third kappa shape index (κ3) is 11.5. The molecule has 0 saturated carbocycles. The van der Waals surface area contributed by atoms with E-state index in [2.05, 4.69) is 89.4 Å². The molecule has 1 saturated heterocycles. The third-order valence-corrected chi connectivity index (χ3v) is 19.5. The fourth-order valence-corrected chi connectivity index (χ4v) is 11.4. The van der Waals surface area contributed by atoms with Crippen LogP contribution in [-0.4, -0.2) is 90.3 Å². The van der Waals surface area contributed by atoms with E-state index < -0.39 is 47.0 Å². The quantitative estimate of drug-likeness (QED) is 0.0292. The Morgan fingerprint density at radius 1 is 0.797 bits per heavy atom. The fourth-order valence-electron chi connectivity index (χ4n) is 8.22. The summed E-state index contributed by atoms with van der Waals surface area (Å²) in [5.41, 5.74) is 2.32. The Morgan fingerprint density at radius 2 is 1.38 bits per heavy atom. The number of hydrogen-bond acceptors (Lipinski definition) is 13. The van der Waals surface area contributed by atoms with Crippen LogP contribution >= 0.6 is 20.1 Å². The molecule has 69 heavy (non-hydrogen) atoms. The lowest BCUT2D eigenvalue weighted by Crippen LogP contribution is -2.50. The highest BCUT2D eigenvalue weighted by Gasteiger charge is 2.54. The van der Waals surface area contributed by atoms with Gasteiger partial charge in [-0.25, -0.2) is 14.6 Å². The fraction of sp³-hybridized carbons (Fsp3) is 0.423. The van der Waals surface area contributed by atoms with E-state index in [1.807, 2.05) is 71.3 Å². The van der Waals surface area contributed by atoms with Crippen molar-refractivity contribution in [2.24, 2.45) is 0 Å². The second-order valence-electron chi connectivity index (χ2n) is 18.9. The van der Waals surface area contributed by atoms with Crippen LogP contribution in [0.15, 0.2) is 116 Å². The molecule has 0 aliphatic carbocycles. The number of nitrogens with zero attached hydrogens (tertiary/aromatic N) is 6. The smallest absolute Gasteiger partial charge is 0.259 e. The van der Waals surface area contributed by atoms with Crippen molar-refractivity contribution in [3.8, 4) is 29.2 Å². The second-order valence-corrected chi connectivity index (χ2v) is 25.5. The lowest BCUT2D eigenvalue weighted by Gasteiger charge is -2.42. The van der Waals surface area contributed by atoms with Gasteiger partial charge in [0, 0.05) is 17.1 Å². The van der Waals surface area contributed by atoms with E-state index in [0.29, 0.717) is 33.4 Å². The van der Waals surface area contributed by atoms with Gasteiger partial charge in [-0.3, -0.25) is 4.57 Å². The van der Waals surface area contributed by atoms with Crippen molar-refractivity contribution in [1.82, 2.24) is 24.2 Å². The average molecular weight is 996 g/mol. The predicted octanol–water partition coefficient (Wildman–Crippen LogP) is 12.2. The third-order valence-electron chi connectivity index (χ3n) is 12.7. The van der Waals surface area contributed by atoms with Gasteiger partial charge >= 0.3 is 0 Å². The highest BCUT2D eigenvalue weighted by atomic mass is 35.5. The monoisotopic (exact) mass is 994 g/mol. The zero-order valence-electron chi connectivity index (χ0n) is 41.3. The number of methoxy groups -OCH3 is 2. The first-order chi connectivity index (χ1) is 33.0. The lowest BCUT2D eigenvalue weighted by atomic mass is 9.80. The molecule has 5 atom stereocenters. The van der Waals surface area contributed by atoms with Crippen LogP contribution in [0.1, 0.15) is 77.8 Å². The zero-order valence-corrected chi connectivity index (χ0v) is 44.0. The molecule has 2 aromatic heterocycles. The molecule has 0 amide bonds. The standard InChI is InChI=1S/C52H64ClN6O8PSi/c1-35(2)59(36(3)4)68(63-31-15-30-54)66-46-44(32-62-52(37-16-13-12-14-17-37,38-18-24-41(60-8)25-19-38)39-20-26-42(61-9)27-21-39)65-50(47(46)67-69(10,11)51(5,6)7)58-34-57-45-48(58)55-33-56-49(45)64-43-28-22-40(53)23-29-43/h12-14,16-29,33-36,44,46-47,50H,15,31-32H2,1-11H3. The van der Waals surface area contributed by atoms with Gasteiger partial charge in [-0.1, -0.05) is 87.0 Å². The molecule has 0 bridgehead atoms. The van der Waals surface area contributed by atoms with Crippen LogP contribution in [0, 0.1) is 11.3 Å². The molecule has 6 aromatic rings. The molecule has 3 heterocycles. The highest BCUT2D eigenvalue weighted by molar-refractivity contribution is 7.44. The van der Waals surface area contributed by atoms with Gasteiger partial charge in [0.1, 0.15) is 47.5 Å². The summed E-state index contributed by atoms with van der Waals surface area (Å²) in [4.78, 5) is 14.1. The molecule has 7 rings (SSSR count). The summed E-state index contributed by atoms with van der Waals surface area (Å²) in [5, 5.41) is 10.0. The van der Waals surface area contributed by atoms with Gasteiger partial charge in [-0.15, -0.1) is 0 Å². The maximum atomic E-state index is 9.66. The lowest BCUT2D eigenvalue weighted by molar-refractivity contribution is -0.0926. The highest BCUT2D eigenvalue weighted by Crippen LogP contribution is 2.53. The van der Waals surface area contributed by atoms with Crippen molar-refractivity contribution in [2.75, 3.05) is 27.4 Å². The van der Waals surface area contributed by atoms with E-state index in [4.69, 9.17) is 58.7 Å². The van der Waals surface area contributed by atoms with Crippen LogP contribution < -0.4 is 14.2 Å². The molecule has 1 aliphatic heterocycles. The molecule has 5 unspecified atom stereocenters. The van der Waals surface area contributed by atoms with Crippen LogP contribution in [-0.2, 0) is 28.5 Å². The Bertz CT molecular complexity index is 2570. The molecule has 4 aromatic carbocycles. The molecule has 0 spiro atoms. The number of aromatic nitrogens is 4. The normalized spacial score (nSPS) is 18.2. The first kappa shape index (κ1) is 51.9. The number of halogens is 1. The Morgan fingerprint density at radius 3 is 1.93 bits per heavy atom. The van der Waals surface area contributed by atoms with Gasteiger partial charge in [0.15, 0.2) is 25.7 Å². The van der Waals surface area contributed by atoms with Gasteiger partial charge in [0.25, 0.3) is 14.4 Å². The number of hydrogen-bond donors (Lipinski definition) is 0. The van der Waals surface area contributed by atoms with Crippen LogP contribution in [0.2, 0.25) is 23.2 Å². The molecule has 17 heteroatoms. The van der Waals surface area contributed by atoms with E-state index in [1.54, 1.807) is 44.8 Å². The summed E-state index contributed by atoms with van der Waals surface area (Å²) in [6.07, 6.45) is 0.174. The Labute approximate surface area is 413 Å². The summed E-state index contributed by atoms with van der Waals surface area (Å²) >= 11 is 6.20. The minimum atomic E-state index is -2.64. The SMILES string of the molecule is COc1ccc(C(OCC2OC(n3cnc4c(Oc5ccc(Cl)cc5)ncnc43)C(O[Si](C)(C)C(C)(C)C)C2OP(OCCC#N)N(C(C)C)C(C)C)(c2ccccc2)c2ccc(OC)cc2)cc1. The molecular formula is C52H64ClN6O8PSi. The van der Waals surface area contributed by atoms with E-state index in [-0.39, 0.29) is 42.6 Å². The minimum Gasteiger partial charge on any atom is -0.497 e. The van der Waals surface area contributed by atoms with Crippen molar-refractivity contribution in [2.45, 2.75) is 115 Å². The van der Waals surface area contributed by atoms with Gasteiger partial charge in [-0.2, -0.15) is 10.2 Å². The summed E-state index contributed by atoms with van der Waals surface area (Å²) in [7, 11) is -1.14. The van der Waals surface area contributed by atoms with Crippen LogP contribution in [0.25, 0.3) is 11.2 Å². The molecule has 366 valence electrons. The maximum Gasteiger partial charge on any atom is 0.259 e. The van der Waals surface area contributed by atoms with Crippen molar-refractivity contribution in [1.29, 1.82) is 5.26 Å². The van der Waals surface area contributed by atoms with Crippen molar-refractivity contribution in [3.63, 3.8) is 0 Å². The summed E-state index contributed by atoms with van der Waals surface area (Å²) in [6, 6.07) is 35.3. The van der Waals surface area contributed by atoms with Gasteiger partial charge < -0.3 is 37.2 Å². The number of fused-ring (bicyclic) bond motifs is 1. The second kappa shape index (κ2) is 22.4. The Kier molecular flexibility index (Phi) is 16.8. The topological polar surface area (TPSA) is 144 Å². The largest absolute Gasteiger partial charge is 0.497 e. The number of ether oxygens (including phenoxy) is 5. The number of imidazole rings is 1. The van der Waals surface area contributed by atoms with Crippen LogP contribution in [0.3, 0.4) is 0 Å². The van der Waals surface area contributed by atoms with Crippen molar-refractivity contribution >= 4 is 39.6 Å². The average Bonchev–Trinajstić information content (AvgIpc) is 3.91. The Hall–Kier alpha value is -4.98. The van der Waals surface area contributed by atoms with Crippen molar-refractivity contribution in [3.05, 3.63) is 137 Å². The molecule has 0 radical (unpaired) electrons. The minimum absolute atomic E-state index is 0.0166. The Balaban J connectivity index is 1.41. The number of rotatable bonds is 21. The van der Waals surface area contributed by atoms with E-state index >= 15 is 0 Å². The molecule has 14 nitrogen and oxygen atoms in total. The maximum absolute atomic E-state index is 9.66. The van der Waals surface area contributed by atoms with Gasteiger partial charge in [0.2, 0.25) is 0 Å². The predicted molar refractivity (Wildman–Crippen MR) is 271 cm³/mol. The van der Waals surface area contributed by atoms with E-state index in [1.165, 1.54) is 6.33 Å².